The van der Waals surface area contributed by atoms with E-state index in [4.69, 9.17) is 18.9 Å². The summed E-state index contributed by atoms with van der Waals surface area (Å²) in [6, 6.07) is 8.23. The zero-order chi connectivity index (χ0) is 18.0. The lowest BCUT2D eigenvalue weighted by Crippen LogP contribution is -2.31. The van der Waals surface area contributed by atoms with E-state index in [1.807, 2.05) is 12.1 Å². The molecule has 134 valence electrons. The Labute approximate surface area is 148 Å². The Morgan fingerprint density at radius 3 is 2.16 bits per heavy atom. The molecule has 1 aliphatic rings. The molecule has 0 aliphatic carbocycles. The molecule has 0 radical (unpaired) electrons. The summed E-state index contributed by atoms with van der Waals surface area (Å²) in [6.45, 7) is 2.96. The molecular weight excluding hydrogens is 318 g/mol. The average Bonchev–Trinajstić information content (AvgIpc) is 2.66. The van der Waals surface area contributed by atoms with Crippen LogP contribution < -0.4 is 24.3 Å². The van der Waals surface area contributed by atoms with Crippen molar-refractivity contribution < 1.29 is 18.9 Å². The largest absolute Gasteiger partial charge is 0.493 e. The van der Waals surface area contributed by atoms with Crippen molar-refractivity contribution in [3.63, 3.8) is 0 Å². The second-order valence-corrected chi connectivity index (χ2v) is 6.07. The minimum Gasteiger partial charge on any atom is -0.493 e. The first-order valence-electron chi connectivity index (χ1n) is 8.34. The van der Waals surface area contributed by atoms with Crippen molar-refractivity contribution in [1.29, 1.82) is 0 Å². The van der Waals surface area contributed by atoms with Crippen LogP contribution in [0.25, 0.3) is 0 Å². The normalized spacial score (nSPS) is 16.1. The Kier molecular flexibility index (Phi) is 5.04. The van der Waals surface area contributed by atoms with Gasteiger partial charge < -0.3 is 24.3 Å². The van der Waals surface area contributed by atoms with Gasteiger partial charge in [-0.05, 0) is 48.2 Å². The van der Waals surface area contributed by atoms with Crippen LogP contribution in [-0.2, 0) is 6.42 Å². The molecule has 0 spiro atoms. The molecule has 2 aromatic carbocycles. The first-order valence-corrected chi connectivity index (χ1v) is 8.34. The van der Waals surface area contributed by atoms with Crippen molar-refractivity contribution in [1.82, 2.24) is 5.32 Å². The molecule has 0 saturated heterocycles. The molecule has 1 aliphatic heterocycles. The maximum atomic E-state index is 5.63. The second-order valence-electron chi connectivity index (χ2n) is 6.07. The molecule has 0 fully saturated rings. The van der Waals surface area contributed by atoms with E-state index in [-0.39, 0.29) is 6.04 Å². The van der Waals surface area contributed by atoms with Crippen LogP contribution in [0.3, 0.4) is 0 Å². The smallest absolute Gasteiger partial charge is 0.164 e. The van der Waals surface area contributed by atoms with E-state index >= 15 is 0 Å². The fourth-order valence-corrected chi connectivity index (χ4v) is 3.57. The van der Waals surface area contributed by atoms with Crippen LogP contribution >= 0.6 is 0 Å². The molecular formula is C20H25NO4. The number of rotatable bonds is 5. The van der Waals surface area contributed by atoms with Gasteiger partial charge in [0.2, 0.25) is 0 Å². The van der Waals surface area contributed by atoms with Crippen molar-refractivity contribution >= 4 is 0 Å². The summed E-state index contributed by atoms with van der Waals surface area (Å²) < 4.78 is 22.0. The third-order valence-corrected chi connectivity index (χ3v) is 4.80. The van der Waals surface area contributed by atoms with Crippen LogP contribution in [0.1, 0.15) is 28.3 Å². The molecule has 1 N–H and O–H groups in total. The fraction of sp³-hybridized carbons (Fsp3) is 0.400. The highest BCUT2D eigenvalue weighted by molar-refractivity contribution is 5.57. The number of nitrogens with one attached hydrogen (secondary N) is 1. The van der Waals surface area contributed by atoms with Crippen LogP contribution in [0.15, 0.2) is 24.3 Å². The molecule has 0 saturated carbocycles. The first kappa shape index (κ1) is 17.4. The van der Waals surface area contributed by atoms with Crippen molar-refractivity contribution in [3.8, 4) is 23.0 Å². The van der Waals surface area contributed by atoms with Gasteiger partial charge in [0.25, 0.3) is 0 Å². The number of hydrogen-bond acceptors (Lipinski definition) is 5. The van der Waals surface area contributed by atoms with Crippen LogP contribution in [-0.4, -0.2) is 35.0 Å². The van der Waals surface area contributed by atoms with Gasteiger partial charge in [-0.2, -0.15) is 0 Å². The Hall–Kier alpha value is -2.40. The van der Waals surface area contributed by atoms with Gasteiger partial charge in [-0.15, -0.1) is 0 Å². The molecule has 25 heavy (non-hydrogen) atoms. The van der Waals surface area contributed by atoms with Gasteiger partial charge in [0.1, 0.15) is 0 Å². The fourth-order valence-electron chi connectivity index (χ4n) is 3.57. The third-order valence-electron chi connectivity index (χ3n) is 4.80. The molecule has 2 aromatic rings. The summed E-state index contributed by atoms with van der Waals surface area (Å²) in [6.07, 6.45) is 0.901. The van der Waals surface area contributed by atoms with Gasteiger partial charge in [-0.1, -0.05) is 6.07 Å². The number of hydrogen-bond donors (Lipinski definition) is 1. The zero-order valence-corrected chi connectivity index (χ0v) is 15.4. The van der Waals surface area contributed by atoms with Crippen LogP contribution in [0.2, 0.25) is 0 Å². The highest BCUT2D eigenvalue weighted by atomic mass is 16.5. The van der Waals surface area contributed by atoms with E-state index in [0.717, 1.165) is 41.5 Å². The highest BCUT2D eigenvalue weighted by Crippen LogP contribution is 2.42. The zero-order valence-electron chi connectivity index (χ0n) is 15.4. The van der Waals surface area contributed by atoms with Crippen molar-refractivity contribution in [2.75, 3.05) is 35.0 Å². The van der Waals surface area contributed by atoms with Crippen LogP contribution in [0.5, 0.6) is 23.0 Å². The number of aryl methyl sites for hydroxylation is 1. The standard InChI is InChI=1S/C20H25NO4/c1-12-10-17(23-3)18(24-4)11-15(12)19-13-6-7-16(22-2)20(25-5)14(13)8-9-21-19/h6-7,10-11,19,21H,8-9H2,1-5H3. The molecule has 0 bridgehead atoms. The Bertz CT molecular complexity index is 773. The van der Waals surface area contributed by atoms with E-state index in [2.05, 4.69) is 24.4 Å². The molecule has 1 unspecified atom stereocenters. The lowest BCUT2D eigenvalue weighted by molar-refractivity contribution is 0.347. The molecule has 0 amide bonds. The molecule has 1 atom stereocenters. The van der Waals surface area contributed by atoms with Gasteiger partial charge >= 0.3 is 0 Å². The summed E-state index contributed by atoms with van der Waals surface area (Å²) in [4.78, 5) is 0. The predicted molar refractivity (Wildman–Crippen MR) is 97.4 cm³/mol. The summed E-state index contributed by atoms with van der Waals surface area (Å²) in [5, 5.41) is 3.62. The minimum absolute atomic E-state index is 0.0726. The van der Waals surface area contributed by atoms with Gasteiger partial charge in [-0.3, -0.25) is 0 Å². The minimum atomic E-state index is 0.0726. The maximum absolute atomic E-state index is 5.63. The van der Waals surface area contributed by atoms with E-state index in [0.29, 0.717) is 0 Å². The summed E-state index contributed by atoms with van der Waals surface area (Å²) >= 11 is 0. The number of fused-ring (bicyclic) bond motifs is 1. The Balaban J connectivity index is 2.13. The number of benzene rings is 2. The lowest BCUT2D eigenvalue weighted by atomic mass is 9.87. The van der Waals surface area contributed by atoms with Crippen molar-refractivity contribution in [2.24, 2.45) is 0 Å². The lowest BCUT2D eigenvalue weighted by Gasteiger charge is -2.30. The van der Waals surface area contributed by atoms with E-state index in [9.17, 15) is 0 Å². The summed E-state index contributed by atoms with van der Waals surface area (Å²) in [5.41, 5.74) is 4.72. The summed E-state index contributed by atoms with van der Waals surface area (Å²) in [7, 11) is 6.67. The van der Waals surface area contributed by atoms with Gasteiger partial charge in [0, 0.05) is 12.1 Å². The topological polar surface area (TPSA) is 49.0 Å². The van der Waals surface area contributed by atoms with Crippen LogP contribution in [0.4, 0.5) is 0 Å². The molecule has 5 nitrogen and oxygen atoms in total. The maximum Gasteiger partial charge on any atom is 0.164 e. The predicted octanol–water partition coefficient (Wildman–Crippen LogP) is 3.26. The molecule has 5 heteroatoms. The first-order chi connectivity index (χ1) is 12.1. The molecule has 3 rings (SSSR count). The van der Waals surface area contributed by atoms with Crippen LogP contribution in [0, 0.1) is 6.92 Å². The third kappa shape index (κ3) is 3.00. The monoisotopic (exact) mass is 343 g/mol. The highest BCUT2D eigenvalue weighted by Gasteiger charge is 2.27. The summed E-state index contributed by atoms with van der Waals surface area (Å²) in [5.74, 6) is 3.07. The van der Waals surface area contributed by atoms with E-state index in [1.165, 1.54) is 16.7 Å². The quantitative estimate of drug-likeness (QED) is 0.903. The van der Waals surface area contributed by atoms with Gasteiger partial charge in [0.15, 0.2) is 23.0 Å². The Morgan fingerprint density at radius 1 is 0.840 bits per heavy atom. The molecule has 1 heterocycles. The molecule has 0 aromatic heterocycles. The number of methoxy groups -OCH3 is 4. The van der Waals surface area contributed by atoms with Crippen molar-refractivity contribution in [3.05, 3.63) is 46.5 Å². The van der Waals surface area contributed by atoms with Gasteiger partial charge in [0.05, 0.1) is 34.5 Å². The average molecular weight is 343 g/mol. The van der Waals surface area contributed by atoms with Crippen molar-refractivity contribution in [2.45, 2.75) is 19.4 Å². The Morgan fingerprint density at radius 2 is 1.52 bits per heavy atom. The SMILES string of the molecule is COc1cc(C)c(C2NCCc3c2ccc(OC)c3OC)cc1OC. The van der Waals surface area contributed by atoms with E-state index in [1.54, 1.807) is 28.4 Å². The second kappa shape index (κ2) is 7.23. The van der Waals surface area contributed by atoms with Gasteiger partial charge in [-0.25, -0.2) is 0 Å². The number of ether oxygens (including phenoxy) is 4. The van der Waals surface area contributed by atoms with E-state index < -0.39 is 0 Å².